The molecule has 3 nitrogen and oxygen atoms in total. The number of ether oxygens (including phenoxy) is 2. The summed E-state index contributed by atoms with van der Waals surface area (Å²) in [5, 5.41) is 10.4. The highest BCUT2D eigenvalue weighted by Gasteiger charge is 2.29. The van der Waals surface area contributed by atoms with Gasteiger partial charge in [-0.1, -0.05) is 46.3 Å². The standard InChI is InChI=1S/C17H17BrO3/c1-20-10-11-4-2-3-5-13(11)17-9-15(19)14-7-6-12(18)8-16(14)21-17/h2-8,15,17,19H,9-10H2,1H3/t15-,17?/m0/s1. The van der Waals surface area contributed by atoms with E-state index in [1.807, 2.05) is 42.5 Å². The number of methoxy groups -OCH3 is 1. The van der Waals surface area contributed by atoms with Crippen molar-refractivity contribution in [3.05, 3.63) is 63.6 Å². The fraction of sp³-hybridized carbons (Fsp3) is 0.294. The van der Waals surface area contributed by atoms with Crippen molar-refractivity contribution >= 4 is 15.9 Å². The molecule has 0 spiro atoms. The first kappa shape index (κ1) is 14.6. The van der Waals surface area contributed by atoms with E-state index >= 15 is 0 Å². The molecular weight excluding hydrogens is 332 g/mol. The van der Waals surface area contributed by atoms with E-state index in [9.17, 15) is 5.11 Å². The summed E-state index contributed by atoms with van der Waals surface area (Å²) in [6.45, 7) is 0.539. The average Bonchev–Trinajstić information content (AvgIpc) is 2.47. The lowest BCUT2D eigenvalue weighted by Gasteiger charge is -2.31. The lowest BCUT2D eigenvalue weighted by Crippen LogP contribution is -2.20. The number of halogens is 1. The summed E-state index contributed by atoms with van der Waals surface area (Å²) in [7, 11) is 1.68. The minimum atomic E-state index is -0.512. The second-order valence-electron chi connectivity index (χ2n) is 5.17. The van der Waals surface area contributed by atoms with Gasteiger partial charge in [-0.05, 0) is 23.3 Å². The third kappa shape index (κ3) is 2.98. The van der Waals surface area contributed by atoms with Crippen LogP contribution in [0.3, 0.4) is 0 Å². The van der Waals surface area contributed by atoms with Crippen molar-refractivity contribution in [3.63, 3.8) is 0 Å². The Morgan fingerprint density at radius 2 is 2.05 bits per heavy atom. The van der Waals surface area contributed by atoms with Crippen molar-refractivity contribution in [3.8, 4) is 5.75 Å². The number of fused-ring (bicyclic) bond motifs is 1. The van der Waals surface area contributed by atoms with Gasteiger partial charge in [0.25, 0.3) is 0 Å². The SMILES string of the molecule is COCc1ccccc1C1C[C@H](O)c2ccc(Br)cc2O1. The van der Waals surface area contributed by atoms with E-state index in [2.05, 4.69) is 15.9 Å². The highest BCUT2D eigenvalue weighted by Crippen LogP contribution is 2.42. The highest BCUT2D eigenvalue weighted by molar-refractivity contribution is 9.10. The Labute approximate surface area is 132 Å². The van der Waals surface area contributed by atoms with E-state index in [0.717, 1.165) is 26.9 Å². The van der Waals surface area contributed by atoms with Crippen molar-refractivity contribution in [2.45, 2.75) is 25.2 Å². The number of hydrogen-bond acceptors (Lipinski definition) is 3. The molecule has 0 amide bonds. The van der Waals surface area contributed by atoms with Crippen molar-refractivity contribution in [2.24, 2.45) is 0 Å². The smallest absolute Gasteiger partial charge is 0.127 e. The first-order valence-electron chi connectivity index (χ1n) is 6.90. The van der Waals surface area contributed by atoms with E-state index in [1.54, 1.807) is 7.11 Å². The Kier molecular flexibility index (Phi) is 4.29. The lowest BCUT2D eigenvalue weighted by molar-refractivity contribution is 0.0641. The first-order valence-corrected chi connectivity index (χ1v) is 7.69. The molecule has 2 aromatic rings. The van der Waals surface area contributed by atoms with Gasteiger partial charge in [0.15, 0.2) is 0 Å². The van der Waals surface area contributed by atoms with Gasteiger partial charge >= 0.3 is 0 Å². The van der Waals surface area contributed by atoms with Gasteiger partial charge in [-0.25, -0.2) is 0 Å². The molecule has 0 bridgehead atoms. The zero-order valence-corrected chi connectivity index (χ0v) is 13.3. The van der Waals surface area contributed by atoms with E-state index in [-0.39, 0.29) is 6.10 Å². The minimum Gasteiger partial charge on any atom is -0.485 e. The molecule has 1 aliphatic rings. The molecule has 1 heterocycles. The molecule has 0 saturated carbocycles. The van der Waals surface area contributed by atoms with Crippen LogP contribution in [-0.2, 0) is 11.3 Å². The summed E-state index contributed by atoms with van der Waals surface area (Å²) < 4.78 is 12.3. The van der Waals surface area contributed by atoms with Crippen molar-refractivity contribution < 1.29 is 14.6 Å². The van der Waals surface area contributed by atoms with Crippen LogP contribution in [-0.4, -0.2) is 12.2 Å². The minimum absolute atomic E-state index is 0.159. The summed E-state index contributed by atoms with van der Waals surface area (Å²) in [4.78, 5) is 0. The molecule has 1 N–H and O–H groups in total. The van der Waals surface area contributed by atoms with E-state index in [1.165, 1.54) is 0 Å². The number of aliphatic hydroxyl groups excluding tert-OH is 1. The number of hydrogen-bond donors (Lipinski definition) is 1. The zero-order valence-electron chi connectivity index (χ0n) is 11.8. The predicted octanol–water partition coefficient (Wildman–Crippen LogP) is 4.15. The summed E-state index contributed by atoms with van der Waals surface area (Å²) in [6, 6.07) is 13.8. The first-order chi connectivity index (χ1) is 10.2. The van der Waals surface area contributed by atoms with Crippen LogP contribution < -0.4 is 4.74 Å². The molecule has 0 aromatic heterocycles. The molecule has 21 heavy (non-hydrogen) atoms. The quantitative estimate of drug-likeness (QED) is 0.905. The second-order valence-corrected chi connectivity index (χ2v) is 6.09. The largest absolute Gasteiger partial charge is 0.485 e. The molecule has 110 valence electrons. The molecule has 0 saturated heterocycles. The average molecular weight is 349 g/mol. The monoisotopic (exact) mass is 348 g/mol. The summed E-state index contributed by atoms with van der Waals surface area (Å²) >= 11 is 3.44. The van der Waals surface area contributed by atoms with E-state index < -0.39 is 6.10 Å². The van der Waals surface area contributed by atoms with Gasteiger partial charge in [0, 0.05) is 23.6 Å². The fourth-order valence-electron chi connectivity index (χ4n) is 2.74. The number of benzene rings is 2. The predicted molar refractivity (Wildman–Crippen MR) is 84.2 cm³/mol. The van der Waals surface area contributed by atoms with Crippen LogP contribution in [0.2, 0.25) is 0 Å². The van der Waals surface area contributed by atoms with Crippen LogP contribution in [0.5, 0.6) is 5.75 Å². The van der Waals surface area contributed by atoms with Crippen LogP contribution in [0.1, 0.15) is 35.3 Å². The molecule has 2 atom stereocenters. The van der Waals surface area contributed by atoms with Gasteiger partial charge in [-0.15, -0.1) is 0 Å². The van der Waals surface area contributed by atoms with Crippen LogP contribution in [0.25, 0.3) is 0 Å². The van der Waals surface area contributed by atoms with Gasteiger partial charge in [-0.3, -0.25) is 0 Å². The van der Waals surface area contributed by atoms with E-state index in [4.69, 9.17) is 9.47 Å². The Morgan fingerprint density at radius 1 is 1.24 bits per heavy atom. The van der Waals surface area contributed by atoms with Gasteiger partial charge < -0.3 is 14.6 Å². The molecule has 4 heteroatoms. The van der Waals surface area contributed by atoms with Crippen LogP contribution >= 0.6 is 15.9 Å². The topological polar surface area (TPSA) is 38.7 Å². The summed E-state index contributed by atoms with van der Waals surface area (Å²) in [6.07, 6.45) is -0.120. The van der Waals surface area contributed by atoms with Gasteiger partial charge in [-0.2, -0.15) is 0 Å². The van der Waals surface area contributed by atoms with Crippen LogP contribution in [0.15, 0.2) is 46.9 Å². The Morgan fingerprint density at radius 3 is 2.86 bits per heavy atom. The molecule has 0 fully saturated rings. The molecule has 3 rings (SSSR count). The summed E-state index contributed by atoms with van der Waals surface area (Å²) in [5.41, 5.74) is 3.01. The second kappa shape index (κ2) is 6.18. The molecule has 1 aliphatic heterocycles. The maximum atomic E-state index is 10.4. The molecule has 1 unspecified atom stereocenters. The summed E-state index contributed by atoms with van der Waals surface area (Å²) in [5.74, 6) is 0.736. The third-order valence-corrected chi connectivity index (χ3v) is 4.24. The van der Waals surface area contributed by atoms with E-state index in [0.29, 0.717) is 13.0 Å². The van der Waals surface area contributed by atoms with Crippen molar-refractivity contribution in [2.75, 3.05) is 7.11 Å². The van der Waals surface area contributed by atoms with Gasteiger partial charge in [0.1, 0.15) is 11.9 Å². The maximum Gasteiger partial charge on any atom is 0.127 e. The fourth-order valence-corrected chi connectivity index (χ4v) is 3.08. The number of rotatable bonds is 3. The molecule has 2 aromatic carbocycles. The van der Waals surface area contributed by atoms with Gasteiger partial charge in [0.05, 0.1) is 12.7 Å². The van der Waals surface area contributed by atoms with Crippen LogP contribution in [0.4, 0.5) is 0 Å². The van der Waals surface area contributed by atoms with Crippen LogP contribution in [0, 0.1) is 0 Å². The Hall–Kier alpha value is -1.36. The Bertz CT molecular complexity index is 642. The normalized spacial score (nSPS) is 20.7. The Balaban J connectivity index is 1.95. The van der Waals surface area contributed by atoms with Crippen molar-refractivity contribution in [1.82, 2.24) is 0 Å². The highest BCUT2D eigenvalue weighted by atomic mass is 79.9. The lowest BCUT2D eigenvalue weighted by atomic mass is 9.92. The third-order valence-electron chi connectivity index (χ3n) is 3.74. The molecule has 0 radical (unpaired) electrons. The maximum absolute atomic E-state index is 10.4. The number of aliphatic hydroxyl groups is 1. The molecule has 0 aliphatic carbocycles. The van der Waals surface area contributed by atoms with Gasteiger partial charge in [0.2, 0.25) is 0 Å². The van der Waals surface area contributed by atoms with Crippen molar-refractivity contribution in [1.29, 1.82) is 0 Å². The molecular formula is C17H17BrO3. The zero-order chi connectivity index (χ0) is 14.8.